The van der Waals surface area contributed by atoms with Crippen LogP contribution in [0.2, 0.25) is 5.02 Å². The molecular weight excluding hydrogens is 325 g/mol. The van der Waals surface area contributed by atoms with Crippen LogP contribution >= 0.6 is 11.6 Å². The van der Waals surface area contributed by atoms with E-state index in [-0.39, 0.29) is 11.6 Å². The smallest absolute Gasteiger partial charge is 0.314 e. The number of carbonyl (C=O) groups excluding carboxylic acids is 1. The third kappa shape index (κ3) is 4.90. The van der Waals surface area contributed by atoms with Gasteiger partial charge in [0.15, 0.2) is 0 Å². The Kier molecular flexibility index (Phi) is 5.89. The van der Waals surface area contributed by atoms with Gasteiger partial charge in [0.1, 0.15) is 18.0 Å². The Labute approximate surface area is 137 Å². The maximum absolute atomic E-state index is 13.3. The number of urea groups is 1. The first-order valence-electron chi connectivity index (χ1n) is 6.95. The summed E-state index contributed by atoms with van der Waals surface area (Å²) in [5.41, 5.74) is 0.339. The van der Waals surface area contributed by atoms with Crippen LogP contribution in [0, 0.1) is 5.82 Å². The molecule has 3 N–H and O–H groups in total. The number of nitrogens with zero attached hydrogens (tertiary/aromatic N) is 3. The monoisotopic (exact) mass is 341 g/mol. The highest BCUT2D eigenvalue weighted by atomic mass is 35.5. The molecule has 0 aliphatic carbocycles. The number of benzene rings is 1. The van der Waals surface area contributed by atoms with E-state index in [2.05, 4.69) is 20.7 Å². The first-order chi connectivity index (χ1) is 11.0. The second-order valence-electron chi connectivity index (χ2n) is 4.88. The number of carbonyl (C=O) groups is 1. The molecule has 9 heteroatoms. The molecule has 1 heterocycles. The normalized spacial score (nSPS) is 12.0. The Morgan fingerprint density at radius 3 is 2.91 bits per heavy atom. The number of halogens is 2. The van der Waals surface area contributed by atoms with Crippen LogP contribution in [-0.2, 0) is 13.5 Å². The lowest BCUT2D eigenvalue weighted by atomic mass is 10.1. The zero-order valence-electron chi connectivity index (χ0n) is 12.5. The number of aryl methyl sites for hydroxylation is 1. The second-order valence-corrected chi connectivity index (χ2v) is 5.28. The number of nitrogens with one attached hydrogen (secondary N) is 2. The largest absolute Gasteiger partial charge is 0.387 e. The molecule has 0 aliphatic rings. The van der Waals surface area contributed by atoms with Gasteiger partial charge in [-0.2, -0.15) is 5.10 Å². The molecule has 124 valence electrons. The van der Waals surface area contributed by atoms with Crippen molar-refractivity contribution in [2.24, 2.45) is 7.05 Å². The van der Waals surface area contributed by atoms with E-state index in [4.69, 9.17) is 11.6 Å². The molecule has 0 bridgehead atoms. The average molecular weight is 342 g/mol. The minimum atomic E-state index is -1.02. The summed E-state index contributed by atoms with van der Waals surface area (Å²) in [5.74, 6) is 0.137. The van der Waals surface area contributed by atoms with Crippen molar-refractivity contribution in [3.63, 3.8) is 0 Å². The SMILES string of the molecule is Cn1ncnc1CCNC(=O)NCC(O)c1ccc(Cl)c(F)c1. The molecule has 0 fully saturated rings. The molecule has 0 radical (unpaired) electrons. The highest BCUT2D eigenvalue weighted by Gasteiger charge is 2.11. The summed E-state index contributed by atoms with van der Waals surface area (Å²) in [6.07, 6.45) is 0.956. The van der Waals surface area contributed by atoms with E-state index in [0.717, 1.165) is 11.9 Å². The fraction of sp³-hybridized carbons (Fsp3) is 0.357. The predicted octanol–water partition coefficient (Wildman–Crippen LogP) is 1.18. The standard InChI is InChI=1S/C14H17ClFN5O2/c1-21-13(19-8-20-21)4-5-17-14(23)18-7-12(22)9-2-3-10(15)11(16)6-9/h2-3,6,8,12,22H,4-5,7H2,1H3,(H2,17,18,23). The van der Waals surface area contributed by atoms with Crippen molar-refractivity contribution in [1.82, 2.24) is 25.4 Å². The lowest BCUT2D eigenvalue weighted by molar-refractivity contribution is 0.173. The zero-order valence-corrected chi connectivity index (χ0v) is 13.2. The van der Waals surface area contributed by atoms with Crippen LogP contribution in [0.15, 0.2) is 24.5 Å². The van der Waals surface area contributed by atoms with Crippen LogP contribution in [0.4, 0.5) is 9.18 Å². The lowest BCUT2D eigenvalue weighted by Gasteiger charge is -2.13. The summed E-state index contributed by atoms with van der Waals surface area (Å²) in [4.78, 5) is 15.7. The third-order valence-corrected chi connectivity index (χ3v) is 3.53. The average Bonchev–Trinajstić information content (AvgIpc) is 2.93. The topological polar surface area (TPSA) is 92.1 Å². The molecule has 23 heavy (non-hydrogen) atoms. The van der Waals surface area contributed by atoms with E-state index in [1.807, 2.05) is 0 Å². The molecule has 1 aromatic carbocycles. The molecule has 0 aliphatic heterocycles. The molecule has 2 amide bonds. The lowest BCUT2D eigenvalue weighted by Crippen LogP contribution is -2.38. The number of aliphatic hydroxyl groups is 1. The third-order valence-electron chi connectivity index (χ3n) is 3.22. The minimum absolute atomic E-state index is 0.0181. The molecule has 1 atom stereocenters. The zero-order chi connectivity index (χ0) is 16.8. The summed E-state index contributed by atoms with van der Waals surface area (Å²) in [5, 5.41) is 19.0. The van der Waals surface area contributed by atoms with Gasteiger partial charge >= 0.3 is 6.03 Å². The fourth-order valence-electron chi connectivity index (χ4n) is 1.92. The maximum atomic E-state index is 13.3. The Hall–Kier alpha value is -2.19. The van der Waals surface area contributed by atoms with Crippen molar-refractivity contribution in [3.8, 4) is 0 Å². The van der Waals surface area contributed by atoms with Crippen molar-refractivity contribution < 1.29 is 14.3 Å². The summed E-state index contributed by atoms with van der Waals surface area (Å²) in [6, 6.07) is 3.57. The van der Waals surface area contributed by atoms with Gasteiger partial charge in [-0.15, -0.1) is 0 Å². The van der Waals surface area contributed by atoms with Gasteiger partial charge in [-0.05, 0) is 17.7 Å². The number of aliphatic hydroxyl groups excluding tert-OH is 1. The van der Waals surface area contributed by atoms with Gasteiger partial charge in [0.2, 0.25) is 0 Å². The highest BCUT2D eigenvalue weighted by Crippen LogP contribution is 2.19. The van der Waals surface area contributed by atoms with Crippen molar-refractivity contribution in [3.05, 3.63) is 46.8 Å². The van der Waals surface area contributed by atoms with Gasteiger partial charge in [0.25, 0.3) is 0 Å². The van der Waals surface area contributed by atoms with Crippen LogP contribution in [0.3, 0.4) is 0 Å². The highest BCUT2D eigenvalue weighted by molar-refractivity contribution is 6.30. The number of hydrogen-bond donors (Lipinski definition) is 3. The van der Waals surface area contributed by atoms with Crippen molar-refractivity contribution in [2.45, 2.75) is 12.5 Å². The van der Waals surface area contributed by atoms with Crippen LogP contribution < -0.4 is 10.6 Å². The summed E-state index contributed by atoms with van der Waals surface area (Å²) in [6.45, 7) is 0.334. The van der Waals surface area contributed by atoms with E-state index >= 15 is 0 Å². The summed E-state index contributed by atoms with van der Waals surface area (Å²) < 4.78 is 14.9. The van der Waals surface area contributed by atoms with Crippen molar-refractivity contribution in [1.29, 1.82) is 0 Å². The first-order valence-corrected chi connectivity index (χ1v) is 7.32. The van der Waals surface area contributed by atoms with Crippen LogP contribution in [0.5, 0.6) is 0 Å². The molecule has 2 rings (SSSR count). The molecule has 7 nitrogen and oxygen atoms in total. The van der Waals surface area contributed by atoms with Gasteiger partial charge in [-0.3, -0.25) is 4.68 Å². The van der Waals surface area contributed by atoms with E-state index in [1.54, 1.807) is 11.7 Å². The number of rotatable bonds is 6. The van der Waals surface area contributed by atoms with Gasteiger partial charge < -0.3 is 15.7 Å². The van der Waals surface area contributed by atoms with Crippen molar-refractivity contribution in [2.75, 3.05) is 13.1 Å². The maximum Gasteiger partial charge on any atom is 0.314 e. The minimum Gasteiger partial charge on any atom is -0.387 e. The van der Waals surface area contributed by atoms with Crippen LogP contribution in [0.25, 0.3) is 0 Å². The van der Waals surface area contributed by atoms with Gasteiger partial charge in [0.05, 0.1) is 11.1 Å². The van der Waals surface area contributed by atoms with Gasteiger partial charge in [0, 0.05) is 26.6 Å². The quantitative estimate of drug-likeness (QED) is 0.735. The van der Waals surface area contributed by atoms with Gasteiger partial charge in [-0.1, -0.05) is 17.7 Å². The first kappa shape index (κ1) is 17.2. The van der Waals surface area contributed by atoms with E-state index in [9.17, 15) is 14.3 Å². The van der Waals surface area contributed by atoms with E-state index in [0.29, 0.717) is 18.5 Å². The Bertz CT molecular complexity index is 679. The number of aromatic nitrogens is 3. The Balaban J connectivity index is 1.73. The molecule has 0 saturated carbocycles. The molecule has 2 aromatic rings. The molecule has 0 spiro atoms. The van der Waals surface area contributed by atoms with Crippen molar-refractivity contribution >= 4 is 17.6 Å². The van der Waals surface area contributed by atoms with Crippen LogP contribution in [0.1, 0.15) is 17.5 Å². The summed E-state index contributed by atoms with van der Waals surface area (Å²) in [7, 11) is 1.77. The predicted molar refractivity (Wildman–Crippen MR) is 82.5 cm³/mol. The number of hydrogen-bond acceptors (Lipinski definition) is 4. The van der Waals surface area contributed by atoms with E-state index < -0.39 is 18.0 Å². The Morgan fingerprint density at radius 2 is 2.26 bits per heavy atom. The second kappa shape index (κ2) is 7.89. The molecule has 0 saturated heterocycles. The van der Waals surface area contributed by atoms with Crippen LogP contribution in [-0.4, -0.2) is 39.0 Å². The number of amides is 2. The molecule has 1 aromatic heterocycles. The molecular formula is C14H17ClFN5O2. The fourth-order valence-corrected chi connectivity index (χ4v) is 2.04. The summed E-state index contributed by atoms with van der Waals surface area (Å²) >= 11 is 5.58. The Morgan fingerprint density at radius 1 is 1.48 bits per heavy atom. The molecule has 1 unspecified atom stereocenters. The van der Waals surface area contributed by atoms with E-state index in [1.165, 1.54) is 18.5 Å². The van der Waals surface area contributed by atoms with Gasteiger partial charge in [-0.25, -0.2) is 14.2 Å².